The first-order valence-corrected chi connectivity index (χ1v) is 5.32. The number of methoxy groups -OCH3 is 1. The fraction of sp³-hybridized carbons (Fsp3) is 0.273. The minimum Gasteiger partial charge on any atom is -0.478 e. The van der Waals surface area contributed by atoms with Crippen molar-refractivity contribution in [3.63, 3.8) is 0 Å². The summed E-state index contributed by atoms with van der Waals surface area (Å²) in [5, 5.41) is 27.2. The molecule has 0 saturated carbocycles. The Bertz CT molecular complexity index is 612. The molecule has 0 aliphatic carbocycles. The molecular formula is C11H11NO8. The van der Waals surface area contributed by atoms with E-state index < -0.39 is 46.4 Å². The van der Waals surface area contributed by atoms with Gasteiger partial charge in [0.1, 0.15) is 22.5 Å². The number of aromatic carboxylic acids is 3. The molecule has 1 aromatic heterocycles. The van der Waals surface area contributed by atoms with Crippen LogP contribution in [0.4, 0.5) is 0 Å². The standard InChI is InChI=1S/C11H11NO8/c1-3-12-6(10(17)18)4(8(13)14)5(9(15)16)7(12)11(19)20-2/h3H2,1-2H3,(H,13,14)(H,15,16)(H,17,18). The van der Waals surface area contributed by atoms with E-state index >= 15 is 0 Å². The van der Waals surface area contributed by atoms with Crippen molar-refractivity contribution in [2.24, 2.45) is 0 Å². The summed E-state index contributed by atoms with van der Waals surface area (Å²) in [5.74, 6) is -6.25. The lowest BCUT2D eigenvalue weighted by Gasteiger charge is -2.07. The molecule has 0 radical (unpaired) electrons. The summed E-state index contributed by atoms with van der Waals surface area (Å²) in [5.41, 5.74) is -3.24. The van der Waals surface area contributed by atoms with Crippen LogP contribution in [0, 0.1) is 0 Å². The molecule has 1 aromatic rings. The predicted octanol–water partition coefficient (Wildman–Crippen LogP) is 0.389. The third-order valence-corrected chi connectivity index (χ3v) is 2.59. The number of rotatable bonds is 5. The lowest BCUT2D eigenvalue weighted by atomic mass is 10.1. The van der Waals surface area contributed by atoms with E-state index in [1.165, 1.54) is 6.92 Å². The number of aromatic nitrogens is 1. The van der Waals surface area contributed by atoms with Gasteiger partial charge in [0, 0.05) is 6.54 Å². The van der Waals surface area contributed by atoms with Gasteiger partial charge in [-0.2, -0.15) is 0 Å². The lowest BCUT2D eigenvalue weighted by molar-refractivity contribution is 0.0569. The highest BCUT2D eigenvalue weighted by Gasteiger charge is 2.36. The molecule has 0 aromatic carbocycles. The molecule has 1 rings (SSSR count). The maximum Gasteiger partial charge on any atom is 0.355 e. The van der Waals surface area contributed by atoms with Gasteiger partial charge in [-0.3, -0.25) is 0 Å². The molecule has 108 valence electrons. The van der Waals surface area contributed by atoms with Crippen LogP contribution in [0.2, 0.25) is 0 Å². The third kappa shape index (κ3) is 2.20. The van der Waals surface area contributed by atoms with Crippen LogP contribution in [0.3, 0.4) is 0 Å². The average Bonchev–Trinajstić information content (AvgIpc) is 2.72. The van der Waals surface area contributed by atoms with Crippen LogP contribution in [0.25, 0.3) is 0 Å². The van der Waals surface area contributed by atoms with Gasteiger partial charge < -0.3 is 24.6 Å². The number of nitrogens with zero attached hydrogens (tertiary/aromatic N) is 1. The van der Waals surface area contributed by atoms with Crippen molar-refractivity contribution in [1.82, 2.24) is 4.57 Å². The summed E-state index contributed by atoms with van der Waals surface area (Å²) in [7, 11) is 0.974. The first-order chi connectivity index (χ1) is 9.27. The van der Waals surface area contributed by atoms with Gasteiger partial charge in [-0.1, -0.05) is 0 Å². The van der Waals surface area contributed by atoms with E-state index in [0.717, 1.165) is 11.7 Å². The molecular weight excluding hydrogens is 274 g/mol. The Kier molecular flexibility index (Phi) is 4.13. The van der Waals surface area contributed by atoms with Gasteiger partial charge in [-0.05, 0) is 6.92 Å². The highest BCUT2D eigenvalue weighted by molar-refractivity contribution is 6.14. The molecule has 0 fully saturated rings. The summed E-state index contributed by atoms with van der Waals surface area (Å²) < 4.78 is 5.18. The van der Waals surface area contributed by atoms with Crippen LogP contribution in [-0.2, 0) is 11.3 Å². The molecule has 3 N–H and O–H groups in total. The third-order valence-electron chi connectivity index (χ3n) is 2.59. The van der Waals surface area contributed by atoms with Crippen LogP contribution in [0.5, 0.6) is 0 Å². The second-order valence-corrected chi connectivity index (χ2v) is 3.60. The van der Waals surface area contributed by atoms with Crippen molar-refractivity contribution in [3.05, 3.63) is 22.5 Å². The Morgan fingerprint density at radius 1 is 0.950 bits per heavy atom. The van der Waals surface area contributed by atoms with Gasteiger partial charge in [0.05, 0.1) is 7.11 Å². The summed E-state index contributed by atoms with van der Waals surface area (Å²) in [6, 6.07) is 0. The smallest absolute Gasteiger partial charge is 0.355 e. The highest BCUT2D eigenvalue weighted by Crippen LogP contribution is 2.25. The zero-order valence-corrected chi connectivity index (χ0v) is 10.5. The molecule has 9 heteroatoms. The van der Waals surface area contributed by atoms with Gasteiger partial charge >= 0.3 is 23.9 Å². The maximum atomic E-state index is 11.6. The zero-order chi connectivity index (χ0) is 15.6. The van der Waals surface area contributed by atoms with E-state index in [1.807, 2.05) is 0 Å². The van der Waals surface area contributed by atoms with E-state index in [2.05, 4.69) is 4.74 Å². The second kappa shape index (κ2) is 5.43. The van der Waals surface area contributed by atoms with Crippen molar-refractivity contribution < 1.29 is 39.2 Å². The Labute approximate surface area is 112 Å². The molecule has 0 saturated heterocycles. The topological polar surface area (TPSA) is 143 Å². The molecule has 9 nitrogen and oxygen atoms in total. The van der Waals surface area contributed by atoms with E-state index in [0.29, 0.717) is 0 Å². The van der Waals surface area contributed by atoms with Crippen molar-refractivity contribution in [1.29, 1.82) is 0 Å². The SMILES string of the molecule is CCn1c(C(=O)O)c(C(=O)O)c(C(=O)O)c1C(=O)OC. The molecule has 20 heavy (non-hydrogen) atoms. The molecule has 0 atom stereocenters. The summed E-state index contributed by atoms with van der Waals surface area (Å²) in [6.45, 7) is 1.33. The number of hydrogen-bond donors (Lipinski definition) is 3. The fourth-order valence-electron chi connectivity index (χ4n) is 1.88. The van der Waals surface area contributed by atoms with Gasteiger partial charge in [0.25, 0.3) is 0 Å². The monoisotopic (exact) mass is 285 g/mol. The zero-order valence-electron chi connectivity index (χ0n) is 10.5. The Hall–Kier alpha value is -2.84. The minimum absolute atomic E-state index is 0.111. The van der Waals surface area contributed by atoms with Gasteiger partial charge in [0.15, 0.2) is 0 Å². The van der Waals surface area contributed by atoms with E-state index in [-0.39, 0.29) is 6.54 Å². The Morgan fingerprint density at radius 3 is 1.70 bits per heavy atom. The number of carbonyl (C=O) groups excluding carboxylic acids is 1. The summed E-state index contributed by atoms with van der Waals surface area (Å²) in [4.78, 5) is 45.2. The quantitative estimate of drug-likeness (QED) is 0.659. The van der Waals surface area contributed by atoms with Gasteiger partial charge in [-0.25, -0.2) is 19.2 Å². The first kappa shape index (κ1) is 15.2. The number of ether oxygens (including phenoxy) is 1. The molecule has 0 amide bonds. The number of carbonyl (C=O) groups is 4. The predicted molar refractivity (Wildman–Crippen MR) is 62.3 cm³/mol. The Morgan fingerprint density at radius 2 is 1.40 bits per heavy atom. The number of hydrogen-bond acceptors (Lipinski definition) is 5. The fourth-order valence-corrected chi connectivity index (χ4v) is 1.88. The molecule has 1 heterocycles. The summed E-state index contributed by atoms with van der Waals surface area (Å²) in [6.07, 6.45) is 0. The van der Waals surface area contributed by atoms with Crippen LogP contribution in [0.1, 0.15) is 48.6 Å². The van der Waals surface area contributed by atoms with Crippen molar-refractivity contribution in [3.8, 4) is 0 Å². The second-order valence-electron chi connectivity index (χ2n) is 3.60. The molecule has 0 bridgehead atoms. The van der Waals surface area contributed by atoms with Crippen molar-refractivity contribution in [2.45, 2.75) is 13.5 Å². The number of carboxylic acid groups (broad SMARTS) is 3. The molecule has 0 aliphatic heterocycles. The van der Waals surface area contributed by atoms with Crippen LogP contribution >= 0.6 is 0 Å². The maximum absolute atomic E-state index is 11.6. The molecule has 0 aliphatic rings. The van der Waals surface area contributed by atoms with E-state index in [4.69, 9.17) is 15.3 Å². The van der Waals surface area contributed by atoms with Crippen LogP contribution in [0.15, 0.2) is 0 Å². The largest absolute Gasteiger partial charge is 0.478 e. The van der Waals surface area contributed by atoms with Crippen molar-refractivity contribution >= 4 is 23.9 Å². The minimum atomic E-state index is -1.75. The molecule has 0 unspecified atom stereocenters. The summed E-state index contributed by atoms with van der Waals surface area (Å²) >= 11 is 0. The van der Waals surface area contributed by atoms with Crippen LogP contribution < -0.4 is 0 Å². The molecule has 0 spiro atoms. The number of esters is 1. The lowest BCUT2D eigenvalue weighted by Crippen LogP contribution is -2.16. The van der Waals surface area contributed by atoms with Crippen molar-refractivity contribution in [2.75, 3.05) is 7.11 Å². The van der Waals surface area contributed by atoms with Crippen LogP contribution in [-0.4, -0.2) is 50.9 Å². The van der Waals surface area contributed by atoms with E-state index in [9.17, 15) is 19.2 Å². The highest BCUT2D eigenvalue weighted by atomic mass is 16.5. The number of carboxylic acids is 3. The Balaban J connectivity index is 3.96. The first-order valence-electron chi connectivity index (χ1n) is 5.32. The van der Waals surface area contributed by atoms with Gasteiger partial charge in [0.2, 0.25) is 0 Å². The normalized spacial score (nSPS) is 10.1. The van der Waals surface area contributed by atoms with E-state index in [1.54, 1.807) is 0 Å². The van der Waals surface area contributed by atoms with Gasteiger partial charge in [-0.15, -0.1) is 0 Å². The average molecular weight is 285 g/mol.